The first kappa shape index (κ1) is 15.4. The quantitative estimate of drug-likeness (QED) is 0.692. The minimum atomic E-state index is -1.25. The van der Waals surface area contributed by atoms with Crippen molar-refractivity contribution in [2.24, 2.45) is 5.92 Å². The molecule has 0 spiro atoms. The number of nitrogens with zero attached hydrogens (tertiary/aromatic N) is 1. The minimum Gasteiger partial charge on any atom is -0.377 e. The van der Waals surface area contributed by atoms with E-state index in [2.05, 4.69) is 21.4 Å². The van der Waals surface area contributed by atoms with Gasteiger partial charge in [-0.2, -0.15) is 5.53 Å². The van der Waals surface area contributed by atoms with Crippen molar-refractivity contribution in [3.63, 3.8) is 0 Å². The van der Waals surface area contributed by atoms with Gasteiger partial charge in [0.25, 0.3) is 0 Å². The van der Waals surface area contributed by atoms with Crippen LogP contribution in [0.1, 0.15) is 19.5 Å². The Hall–Kier alpha value is -1.53. The summed E-state index contributed by atoms with van der Waals surface area (Å²) >= 11 is 12.2. The summed E-state index contributed by atoms with van der Waals surface area (Å²) in [7, 11) is 0. The average Bonchev–Trinajstić information content (AvgIpc) is 3.04. The molecular weight excluding hydrogens is 323 g/mol. The normalized spacial score (nSPS) is 17.1. The molecule has 1 aliphatic rings. The Bertz CT molecular complexity index is 763. The first-order chi connectivity index (χ1) is 10.4. The van der Waals surface area contributed by atoms with Crippen LogP contribution in [0.3, 0.4) is 0 Å². The molecule has 4 N–H and O–H groups in total. The molecule has 1 unspecified atom stereocenters. The number of fused-ring (bicyclic) bond motifs is 1. The highest BCUT2D eigenvalue weighted by atomic mass is 35.5. The lowest BCUT2D eigenvalue weighted by Crippen LogP contribution is -2.43. The maximum atomic E-state index is 11.2. The lowest BCUT2D eigenvalue weighted by molar-refractivity contribution is 0.0171. The number of hydrazine groups is 2. The molecule has 1 aromatic carbocycles. The maximum Gasteiger partial charge on any atom is 0.151 e. The molecule has 1 aliphatic heterocycles. The Morgan fingerprint density at radius 1 is 1.18 bits per heavy atom. The van der Waals surface area contributed by atoms with Crippen LogP contribution >= 0.6 is 23.2 Å². The molecule has 1 atom stereocenters. The van der Waals surface area contributed by atoms with Crippen LogP contribution in [0.2, 0.25) is 10.0 Å². The Balaban J connectivity index is 2.17. The molecule has 0 aliphatic carbocycles. The highest BCUT2D eigenvalue weighted by molar-refractivity contribution is 6.45. The van der Waals surface area contributed by atoms with E-state index in [1.54, 1.807) is 24.4 Å². The first-order valence-electron chi connectivity index (χ1n) is 6.89. The van der Waals surface area contributed by atoms with Gasteiger partial charge in [-0.1, -0.05) is 37.0 Å². The van der Waals surface area contributed by atoms with Gasteiger partial charge in [-0.05, 0) is 30.2 Å². The average molecular weight is 339 g/mol. The predicted molar refractivity (Wildman–Crippen MR) is 88.0 cm³/mol. The van der Waals surface area contributed by atoms with Crippen molar-refractivity contribution in [1.29, 1.82) is 0 Å². The highest BCUT2D eigenvalue weighted by Crippen LogP contribution is 2.37. The van der Waals surface area contributed by atoms with E-state index in [1.165, 1.54) is 0 Å². The van der Waals surface area contributed by atoms with Crippen LogP contribution in [-0.4, -0.2) is 10.1 Å². The number of hydrogen-bond acceptors (Lipinski definition) is 5. The fraction of sp³-hybridized carbons (Fsp3) is 0.267. The van der Waals surface area contributed by atoms with Crippen molar-refractivity contribution in [3.05, 3.63) is 51.9 Å². The lowest BCUT2D eigenvalue weighted by Gasteiger charge is -2.32. The van der Waals surface area contributed by atoms with E-state index in [1.807, 2.05) is 19.9 Å². The molecule has 3 rings (SSSR count). The molecule has 116 valence electrons. The molecule has 0 saturated heterocycles. The summed E-state index contributed by atoms with van der Waals surface area (Å²) in [6.45, 7) is 3.86. The minimum absolute atomic E-state index is 0.0966. The smallest absolute Gasteiger partial charge is 0.151 e. The molecule has 2 heterocycles. The zero-order chi connectivity index (χ0) is 15.9. The summed E-state index contributed by atoms with van der Waals surface area (Å²) in [5, 5.41) is 12.9. The van der Waals surface area contributed by atoms with Gasteiger partial charge in [0.1, 0.15) is 0 Å². The summed E-state index contributed by atoms with van der Waals surface area (Å²) in [4.78, 5) is 4.59. The number of pyridine rings is 1. The van der Waals surface area contributed by atoms with Gasteiger partial charge >= 0.3 is 0 Å². The van der Waals surface area contributed by atoms with Crippen LogP contribution in [0.15, 0.2) is 36.2 Å². The van der Waals surface area contributed by atoms with Crippen molar-refractivity contribution in [2.75, 3.05) is 0 Å². The molecule has 5 nitrogen and oxygen atoms in total. The molecule has 0 radical (unpaired) electrons. The summed E-state index contributed by atoms with van der Waals surface area (Å²) in [6.07, 6.45) is 1.68. The summed E-state index contributed by atoms with van der Waals surface area (Å²) < 4.78 is 0. The number of aliphatic hydroxyl groups is 1. The number of halogens is 2. The second kappa shape index (κ2) is 5.59. The van der Waals surface area contributed by atoms with Gasteiger partial charge in [0.2, 0.25) is 0 Å². The van der Waals surface area contributed by atoms with E-state index < -0.39 is 5.60 Å². The van der Waals surface area contributed by atoms with Gasteiger partial charge in [-0.15, -0.1) is 0 Å². The molecule has 0 bridgehead atoms. The number of rotatable bonds is 3. The molecule has 22 heavy (non-hydrogen) atoms. The second-order valence-electron chi connectivity index (χ2n) is 5.50. The lowest BCUT2D eigenvalue weighted by atomic mass is 9.83. The Morgan fingerprint density at radius 2 is 1.95 bits per heavy atom. The van der Waals surface area contributed by atoms with Crippen LogP contribution < -0.4 is 16.4 Å². The fourth-order valence-electron chi connectivity index (χ4n) is 2.55. The van der Waals surface area contributed by atoms with Gasteiger partial charge < -0.3 is 16.0 Å². The van der Waals surface area contributed by atoms with Gasteiger partial charge in [0.05, 0.1) is 27.0 Å². The van der Waals surface area contributed by atoms with Crippen LogP contribution in [0.5, 0.6) is 0 Å². The standard InChI is InChI=1S/C15H16Cl2N4O/c1-8(2)15(22,13-7-18-21-20-13)12-6-3-9-11(19-12)5-4-10(16)14(9)17/h3-8,18,20-22H,1-2H3. The Labute approximate surface area is 138 Å². The number of benzene rings is 1. The molecule has 1 aromatic heterocycles. The van der Waals surface area contributed by atoms with Gasteiger partial charge in [-0.3, -0.25) is 0 Å². The van der Waals surface area contributed by atoms with Crippen molar-refractivity contribution in [2.45, 2.75) is 19.4 Å². The largest absolute Gasteiger partial charge is 0.377 e. The second-order valence-corrected chi connectivity index (χ2v) is 6.28. The van der Waals surface area contributed by atoms with E-state index in [-0.39, 0.29) is 5.92 Å². The Kier molecular flexibility index (Phi) is 3.91. The van der Waals surface area contributed by atoms with Gasteiger partial charge in [-0.25, -0.2) is 4.98 Å². The summed E-state index contributed by atoms with van der Waals surface area (Å²) in [6, 6.07) is 7.09. The van der Waals surface area contributed by atoms with Gasteiger partial charge in [0.15, 0.2) is 5.60 Å². The molecule has 2 aromatic rings. The number of nitrogens with one attached hydrogen (secondary N) is 3. The molecule has 0 amide bonds. The van der Waals surface area contributed by atoms with Gasteiger partial charge in [0, 0.05) is 11.6 Å². The zero-order valence-corrected chi connectivity index (χ0v) is 13.6. The number of hydrogen-bond donors (Lipinski definition) is 4. The summed E-state index contributed by atoms with van der Waals surface area (Å²) in [5.74, 6) is -0.0966. The van der Waals surface area contributed by atoms with E-state index in [4.69, 9.17) is 23.2 Å². The van der Waals surface area contributed by atoms with Crippen LogP contribution in [-0.2, 0) is 5.60 Å². The monoisotopic (exact) mass is 338 g/mol. The summed E-state index contributed by atoms with van der Waals surface area (Å²) in [5.41, 5.74) is 9.03. The SMILES string of the molecule is CC(C)C(O)(C1=CNNN1)c1ccc2c(Cl)c(Cl)ccc2n1. The molecular formula is C15H16Cl2N4O. The van der Waals surface area contributed by atoms with Crippen molar-refractivity contribution in [3.8, 4) is 0 Å². The molecule has 0 fully saturated rings. The third kappa shape index (κ3) is 2.30. The van der Waals surface area contributed by atoms with Crippen molar-refractivity contribution in [1.82, 2.24) is 21.4 Å². The molecule has 7 heteroatoms. The van der Waals surface area contributed by atoms with E-state index in [0.29, 0.717) is 27.0 Å². The zero-order valence-electron chi connectivity index (χ0n) is 12.1. The first-order valence-corrected chi connectivity index (χ1v) is 7.65. The van der Waals surface area contributed by atoms with Crippen LogP contribution in [0, 0.1) is 5.92 Å². The topological polar surface area (TPSA) is 69.2 Å². The fourth-order valence-corrected chi connectivity index (χ4v) is 2.94. The van der Waals surface area contributed by atoms with Crippen molar-refractivity contribution >= 4 is 34.1 Å². The van der Waals surface area contributed by atoms with Crippen LogP contribution in [0.4, 0.5) is 0 Å². The van der Waals surface area contributed by atoms with Crippen molar-refractivity contribution < 1.29 is 5.11 Å². The van der Waals surface area contributed by atoms with Crippen LogP contribution in [0.25, 0.3) is 10.9 Å². The number of aromatic nitrogens is 1. The van der Waals surface area contributed by atoms with E-state index in [0.717, 1.165) is 5.39 Å². The Morgan fingerprint density at radius 3 is 2.59 bits per heavy atom. The third-order valence-electron chi connectivity index (χ3n) is 3.88. The van der Waals surface area contributed by atoms with E-state index >= 15 is 0 Å². The third-order valence-corrected chi connectivity index (χ3v) is 4.70. The maximum absolute atomic E-state index is 11.2. The predicted octanol–water partition coefficient (Wildman–Crippen LogP) is 2.84. The molecule has 0 saturated carbocycles. The highest BCUT2D eigenvalue weighted by Gasteiger charge is 2.40. The van der Waals surface area contributed by atoms with E-state index in [9.17, 15) is 5.11 Å².